The van der Waals surface area contributed by atoms with E-state index in [0.29, 0.717) is 6.54 Å². The first kappa shape index (κ1) is 13.7. The molecule has 0 aliphatic carbocycles. The van der Waals surface area contributed by atoms with Gasteiger partial charge in [-0.05, 0) is 26.0 Å². The molecule has 1 aromatic carbocycles. The van der Waals surface area contributed by atoms with Crippen LogP contribution in [-0.4, -0.2) is 24.8 Å². The molecule has 0 radical (unpaired) electrons. The van der Waals surface area contributed by atoms with Crippen LogP contribution in [0.15, 0.2) is 30.9 Å². The lowest BCUT2D eigenvalue weighted by molar-refractivity contribution is 0.168. The monoisotopic (exact) mass is 235 g/mol. The van der Waals surface area contributed by atoms with Gasteiger partial charge in [0.05, 0.1) is 13.2 Å². The highest BCUT2D eigenvalue weighted by molar-refractivity contribution is 5.38. The average Bonchev–Trinajstić information content (AvgIpc) is 2.35. The van der Waals surface area contributed by atoms with Crippen molar-refractivity contribution in [3.05, 3.63) is 42.0 Å². The van der Waals surface area contributed by atoms with Crippen LogP contribution in [-0.2, 0) is 0 Å². The molecular weight excluding hydrogens is 214 g/mol. The van der Waals surface area contributed by atoms with E-state index < -0.39 is 6.10 Å². The zero-order valence-corrected chi connectivity index (χ0v) is 10.7. The Labute approximate surface area is 103 Å². The molecule has 0 spiro atoms. The van der Waals surface area contributed by atoms with E-state index in [1.165, 1.54) is 0 Å². The zero-order chi connectivity index (χ0) is 12.8. The van der Waals surface area contributed by atoms with Crippen LogP contribution < -0.4 is 10.1 Å². The molecule has 3 nitrogen and oxygen atoms in total. The van der Waals surface area contributed by atoms with Crippen LogP contribution in [0, 0.1) is 6.92 Å². The van der Waals surface area contributed by atoms with Gasteiger partial charge < -0.3 is 15.2 Å². The molecule has 2 atom stereocenters. The fraction of sp³-hybridized carbons (Fsp3) is 0.429. The van der Waals surface area contributed by atoms with Crippen molar-refractivity contribution in [2.45, 2.75) is 26.0 Å². The summed E-state index contributed by atoms with van der Waals surface area (Å²) in [5.41, 5.74) is 1.92. The molecule has 0 amide bonds. The third-order valence-corrected chi connectivity index (χ3v) is 2.73. The summed E-state index contributed by atoms with van der Waals surface area (Å²) in [5, 5.41) is 13.3. The summed E-state index contributed by atoms with van der Waals surface area (Å²) >= 11 is 0. The first-order valence-corrected chi connectivity index (χ1v) is 5.77. The van der Waals surface area contributed by atoms with E-state index in [0.717, 1.165) is 16.9 Å². The van der Waals surface area contributed by atoms with Crippen molar-refractivity contribution in [2.75, 3.05) is 13.7 Å². The smallest absolute Gasteiger partial charge is 0.124 e. The molecule has 0 saturated heterocycles. The van der Waals surface area contributed by atoms with E-state index >= 15 is 0 Å². The molecule has 0 aliphatic rings. The van der Waals surface area contributed by atoms with Crippen LogP contribution in [0.4, 0.5) is 0 Å². The number of benzene rings is 1. The third kappa shape index (κ3) is 3.88. The minimum atomic E-state index is -0.577. The lowest BCUT2D eigenvalue weighted by atomic mass is 10.0. The lowest BCUT2D eigenvalue weighted by Crippen LogP contribution is -2.28. The third-order valence-electron chi connectivity index (χ3n) is 2.73. The maximum atomic E-state index is 10.1. The summed E-state index contributed by atoms with van der Waals surface area (Å²) < 4.78 is 5.25. The van der Waals surface area contributed by atoms with Gasteiger partial charge in [0.15, 0.2) is 0 Å². The van der Waals surface area contributed by atoms with Gasteiger partial charge in [-0.25, -0.2) is 0 Å². The number of aryl methyl sites for hydroxylation is 1. The van der Waals surface area contributed by atoms with Crippen LogP contribution in [0.5, 0.6) is 5.75 Å². The predicted molar refractivity (Wildman–Crippen MR) is 70.4 cm³/mol. The molecule has 0 fully saturated rings. The number of methoxy groups -OCH3 is 1. The summed E-state index contributed by atoms with van der Waals surface area (Å²) in [5.74, 6) is 0.719. The largest absolute Gasteiger partial charge is 0.496 e. The highest BCUT2D eigenvalue weighted by atomic mass is 16.5. The van der Waals surface area contributed by atoms with Crippen molar-refractivity contribution < 1.29 is 9.84 Å². The summed E-state index contributed by atoms with van der Waals surface area (Å²) in [4.78, 5) is 0. The molecule has 94 valence electrons. The Hall–Kier alpha value is -1.32. The Morgan fingerprint density at radius 1 is 1.53 bits per heavy atom. The maximum Gasteiger partial charge on any atom is 0.124 e. The molecule has 2 unspecified atom stereocenters. The molecule has 17 heavy (non-hydrogen) atoms. The summed E-state index contributed by atoms with van der Waals surface area (Å²) in [6.45, 7) is 8.16. The molecule has 0 saturated carbocycles. The van der Waals surface area contributed by atoms with Crippen molar-refractivity contribution in [1.29, 1.82) is 0 Å². The highest BCUT2D eigenvalue weighted by Crippen LogP contribution is 2.25. The average molecular weight is 235 g/mol. The fourth-order valence-electron chi connectivity index (χ4n) is 1.60. The normalized spacial score (nSPS) is 14.1. The van der Waals surface area contributed by atoms with Crippen molar-refractivity contribution in [1.82, 2.24) is 5.32 Å². The first-order valence-electron chi connectivity index (χ1n) is 5.77. The van der Waals surface area contributed by atoms with Crippen LogP contribution in [0.25, 0.3) is 0 Å². The quantitative estimate of drug-likeness (QED) is 0.743. The van der Waals surface area contributed by atoms with E-state index in [1.54, 1.807) is 13.2 Å². The molecule has 0 aromatic heterocycles. The minimum Gasteiger partial charge on any atom is -0.496 e. The van der Waals surface area contributed by atoms with E-state index in [2.05, 4.69) is 11.9 Å². The summed E-state index contributed by atoms with van der Waals surface area (Å²) in [7, 11) is 1.61. The first-order chi connectivity index (χ1) is 8.08. The second kappa shape index (κ2) is 6.42. The number of rotatable bonds is 6. The Morgan fingerprint density at radius 2 is 2.24 bits per heavy atom. The molecule has 0 heterocycles. The Morgan fingerprint density at radius 3 is 2.82 bits per heavy atom. The lowest BCUT2D eigenvalue weighted by Gasteiger charge is -2.17. The minimum absolute atomic E-state index is 0.181. The molecule has 0 aliphatic heterocycles. The Bertz CT molecular complexity index is 376. The number of nitrogens with one attached hydrogen (secondary N) is 1. The Balaban J connectivity index is 2.76. The SMILES string of the molecule is C=CC(C)NCC(O)c1cc(C)ccc1OC. The van der Waals surface area contributed by atoms with E-state index in [4.69, 9.17) is 4.74 Å². The van der Waals surface area contributed by atoms with Gasteiger partial charge in [-0.1, -0.05) is 17.7 Å². The van der Waals surface area contributed by atoms with Crippen molar-refractivity contribution in [3.8, 4) is 5.75 Å². The number of aliphatic hydroxyl groups excluding tert-OH is 1. The van der Waals surface area contributed by atoms with Gasteiger partial charge in [-0.2, -0.15) is 0 Å². The van der Waals surface area contributed by atoms with Crippen LogP contribution >= 0.6 is 0 Å². The van der Waals surface area contributed by atoms with Crippen LogP contribution in [0.1, 0.15) is 24.2 Å². The summed E-state index contributed by atoms with van der Waals surface area (Å²) in [6, 6.07) is 5.98. The second-order valence-electron chi connectivity index (χ2n) is 4.19. The second-order valence-corrected chi connectivity index (χ2v) is 4.19. The summed E-state index contributed by atoms with van der Waals surface area (Å²) in [6.07, 6.45) is 1.23. The van der Waals surface area contributed by atoms with Crippen molar-refractivity contribution >= 4 is 0 Å². The predicted octanol–water partition coefficient (Wildman–Crippen LogP) is 2.20. The maximum absolute atomic E-state index is 10.1. The van der Waals surface area contributed by atoms with E-state index in [1.807, 2.05) is 32.0 Å². The van der Waals surface area contributed by atoms with Gasteiger partial charge in [-0.15, -0.1) is 6.58 Å². The molecular formula is C14H21NO2. The topological polar surface area (TPSA) is 41.5 Å². The highest BCUT2D eigenvalue weighted by Gasteiger charge is 2.13. The van der Waals surface area contributed by atoms with E-state index in [-0.39, 0.29) is 6.04 Å². The number of aliphatic hydroxyl groups is 1. The van der Waals surface area contributed by atoms with Gasteiger partial charge in [0, 0.05) is 18.2 Å². The number of hydrogen-bond acceptors (Lipinski definition) is 3. The van der Waals surface area contributed by atoms with Crippen molar-refractivity contribution in [3.63, 3.8) is 0 Å². The van der Waals surface area contributed by atoms with Gasteiger partial charge in [0.25, 0.3) is 0 Å². The van der Waals surface area contributed by atoms with Crippen LogP contribution in [0.2, 0.25) is 0 Å². The fourth-order valence-corrected chi connectivity index (χ4v) is 1.60. The van der Waals surface area contributed by atoms with Crippen molar-refractivity contribution in [2.24, 2.45) is 0 Å². The number of hydrogen-bond donors (Lipinski definition) is 2. The number of ether oxygens (including phenoxy) is 1. The van der Waals surface area contributed by atoms with Crippen LogP contribution in [0.3, 0.4) is 0 Å². The van der Waals surface area contributed by atoms with Gasteiger partial charge in [0.2, 0.25) is 0 Å². The van der Waals surface area contributed by atoms with E-state index in [9.17, 15) is 5.11 Å². The molecule has 0 bridgehead atoms. The molecule has 1 aromatic rings. The van der Waals surface area contributed by atoms with Gasteiger partial charge >= 0.3 is 0 Å². The zero-order valence-electron chi connectivity index (χ0n) is 10.7. The standard InChI is InChI=1S/C14H21NO2/c1-5-11(3)15-9-13(16)12-8-10(2)6-7-14(12)17-4/h5-8,11,13,15-16H,1,9H2,2-4H3. The van der Waals surface area contributed by atoms with Gasteiger partial charge in [-0.3, -0.25) is 0 Å². The molecule has 2 N–H and O–H groups in total. The Kier molecular flexibility index (Phi) is 5.19. The molecule has 3 heteroatoms. The van der Waals surface area contributed by atoms with Gasteiger partial charge in [0.1, 0.15) is 5.75 Å². The molecule has 1 rings (SSSR count).